The quantitative estimate of drug-likeness (QED) is 0.588. The molecule has 0 aliphatic carbocycles. The Morgan fingerprint density at radius 2 is 1.88 bits per heavy atom. The van der Waals surface area contributed by atoms with Crippen LogP contribution in [0.2, 0.25) is 0 Å². The van der Waals surface area contributed by atoms with Crippen LogP contribution in [0.1, 0.15) is 11.3 Å². The molecule has 1 aromatic carbocycles. The number of aromatic nitrogens is 3. The number of fused-ring (bicyclic) bond motifs is 1. The van der Waals surface area contributed by atoms with Gasteiger partial charge in [0.1, 0.15) is 17.1 Å². The third-order valence-electron chi connectivity index (χ3n) is 3.93. The highest BCUT2D eigenvalue weighted by Crippen LogP contribution is 2.22. The van der Waals surface area contributed by atoms with Crippen molar-refractivity contribution in [3.8, 4) is 11.5 Å². The van der Waals surface area contributed by atoms with E-state index >= 15 is 0 Å². The van der Waals surface area contributed by atoms with E-state index in [-0.39, 0.29) is 0 Å². The van der Waals surface area contributed by atoms with E-state index in [0.717, 1.165) is 28.5 Å². The molecule has 25 heavy (non-hydrogen) atoms. The van der Waals surface area contributed by atoms with Gasteiger partial charge in [0.15, 0.2) is 0 Å². The Kier molecular flexibility index (Phi) is 4.04. The summed E-state index contributed by atoms with van der Waals surface area (Å²) in [5.74, 6) is 1.51. The monoisotopic (exact) mass is 330 g/mol. The van der Waals surface area contributed by atoms with Crippen LogP contribution >= 0.6 is 0 Å². The number of nitrogens with one attached hydrogen (secondary N) is 1. The molecule has 0 saturated carbocycles. The van der Waals surface area contributed by atoms with E-state index in [4.69, 9.17) is 4.74 Å². The first-order valence-corrected chi connectivity index (χ1v) is 8.12. The Morgan fingerprint density at radius 3 is 2.68 bits per heavy atom. The molecule has 3 aromatic heterocycles. The maximum absolute atomic E-state index is 5.75. The SMILES string of the molecule is Cc1ccc2ncc(CNc3ccc(Oc4cccnc4)cc3)n2c1. The van der Waals surface area contributed by atoms with Gasteiger partial charge in [-0.1, -0.05) is 6.07 Å². The van der Waals surface area contributed by atoms with Crippen molar-refractivity contribution in [3.63, 3.8) is 0 Å². The molecule has 0 aliphatic rings. The summed E-state index contributed by atoms with van der Waals surface area (Å²) in [5, 5.41) is 3.42. The summed E-state index contributed by atoms with van der Waals surface area (Å²) in [6, 6.07) is 15.7. The number of nitrogens with zero attached hydrogens (tertiary/aromatic N) is 3. The van der Waals surface area contributed by atoms with Crippen molar-refractivity contribution in [2.24, 2.45) is 0 Å². The van der Waals surface area contributed by atoms with Gasteiger partial charge < -0.3 is 14.5 Å². The fourth-order valence-corrected chi connectivity index (χ4v) is 2.65. The molecule has 5 nitrogen and oxygen atoms in total. The third-order valence-corrected chi connectivity index (χ3v) is 3.93. The lowest BCUT2D eigenvalue weighted by Crippen LogP contribution is -2.02. The summed E-state index contributed by atoms with van der Waals surface area (Å²) in [6.07, 6.45) is 7.42. The summed E-state index contributed by atoms with van der Waals surface area (Å²) >= 11 is 0. The third kappa shape index (κ3) is 3.45. The maximum atomic E-state index is 5.75. The lowest BCUT2D eigenvalue weighted by molar-refractivity contribution is 0.480. The van der Waals surface area contributed by atoms with Gasteiger partial charge in [-0.05, 0) is 55.0 Å². The first kappa shape index (κ1) is 15.2. The molecule has 4 rings (SSSR count). The van der Waals surface area contributed by atoms with Crippen molar-refractivity contribution in [1.82, 2.24) is 14.4 Å². The van der Waals surface area contributed by atoms with Crippen LogP contribution in [0.25, 0.3) is 5.65 Å². The van der Waals surface area contributed by atoms with Crippen LogP contribution in [0.15, 0.2) is 73.3 Å². The van der Waals surface area contributed by atoms with Crippen LogP contribution in [0, 0.1) is 6.92 Å². The second-order valence-electron chi connectivity index (χ2n) is 5.85. The number of pyridine rings is 2. The summed E-state index contributed by atoms with van der Waals surface area (Å²) < 4.78 is 7.86. The molecule has 4 aromatic rings. The van der Waals surface area contributed by atoms with Crippen molar-refractivity contribution in [3.05, 3.63) is 84.6 Å². The highest BCUT2D eigenvalue weighted by Gasteiger charge is 2.03. The van der Waals surface area contributed by atoms with Gasteiger partial charge >= 0.3 is 0 Å². The highest BCUT2D eigenvalue weighted by atomic mass is 16.5. The standard InChI is InChI=1S/C20H18N4O/c1-15-4-9-20-23-12-17(24(20)14-15)11-22-16-5-7-18(8-6-16)25-19-3-2-10-21-13-19/h2-10,12-14,22H,11H2,1H3. The Labute approximate surface area is 145 Å². The first-order chi connectivity index (χ1) is 12.3. The van der Waals surface area contributed by atoms with Gasteiger partial charge in [-0.25, -0.2) is 4.98 Å². The molecular weight excluding hydrogens is 312 g/mol. The van der Waals surface area contributed by atoms with E-state index in [0.29, 0.717) is 6.54 Å². The summed E-state index contributed by atoms with van der Waals surface area (Å²) in [7, 11) is 0. The molecule has 3 heterocycles. The molecule has 0 spiro atoms. The molecule has 1 N–H and O–H groups in total. The fraction of sp³-hybridized carbons (Fsp3) is 0.100. The van der Waals surface area contributed by atoms with Crippen LogP contribution in [-0.4, -0.2) is 14.4 Å². The van der Waals surface area contributed by atoms with E-state index in [1.165, 1.54) is 5.56 Å². The van der Waals surface area contributed by atoms with Crippen molar-refractivity contribution >= 4 is 11.3 Å². The summed E-state index contributed by atoms with van der Waals surface area (Å²) in [5.41, 5.74) is 4.32. The van der Waals surface area contributed by atoms with Crippen LogP contribution in [-0.2, 0) is 6.54 Å². The van der Waals surface area contributed by atoms with Crippen LogP contribution in [0.5, 0.6) is 11.5 Å². The normalized spacial score (nSPS) is 10.8. The number of aryl methyl sites for hydroxylation is 1. The van der Waals surface area contributed by atoms with E-state index < -0.39 is 0 Å². The molecule has 0 fully saturated rings. The minimum atomic E-state index is 0.702. The first-order valence-electron chi connectivity index (χ1n) is 8.12. The second-order valence-corrected chi connectivity index (χ2v) is 5.85. The van der Waals surface area contributed by atoms with Gasteiger partial charge in [-0.3, -0.25) is 4.98 Å². The molecule has 0 saturated heterocycles. The number of anilines is 1. The number of rotatable bonds is 5. The van der Waals surface area contributed by atoms with Crippen LogP contribution in [0.4, 0.5) is 5.69 Å². The fourth-order valence-electron chi connectivity index (χ4n) is 2.65. The van der Waals surface area contributed by atoms with Gasteiger partial charge in [0, 0.05) is 18.1 Å². The molecule has 0 radical (unpaired) electrons. The van der Waals surface area contributed by atoms with Crippen molar-refractivity contribution in [2.45, 2.75) is 13.5 Å². The van der Waals surface area contributed by atoms with Crippen molar-refractivity contribution in [1.29, 1.82) is 0 Å². The molecule has 0 bridgehead atoms. The minimum absolute atomic E-state index is 0.702. The number of ether oxygens (including phenoxy) is 1. The molecule has 5 heteroatoms. The molecule has 0 atom stereocenters. The largest absolute Gasteiger partial charge is 0.456 e. The zero-order valence-corrected chi connectivity index (χ0v) is 13.9. The number of hydrogen-bond donors (Lipinski definition) is 1. The molecule has 0 amide bonds. The number of benzene rings is 1. The van der Waals surface area contributed by atoms with Gasteiger partial charge in [0.05, 0.1) is 24.6 Å². The maximum Gasteiger partial charge on any atom is 0.145 e. The highest BCUT2D eigenvalue weighted by molar-refractivity contribution is 5.48. The van der Waals surface area contributed by atoms with Crippen molar-refractivity contribution in [2.75, 3.05) is 5.32 Å². The molecule has 124 valence electrons. The second kappa shape index (κ2) is 6.65. The number of imidazole rings is 1. The lowest BCUT2D eigenvalue weighted by Gasteiger charge is -2.09. The predicted molar refractivity (Wildman–Crippen MR) is 98.0 cm³/mol. The Balaban J connectivity index is 1.43. The average molecular weight is 330 g/mol. The predicted octanol–water partition coefficient (Wildman–Crippen LogP) is 4.44. The summed E-state index contributed by atoms with van der Waals surface area (Å²) in [4.78, 5) is 8.47. The summed E-state index contributed by atoms with van der Waals surface area (Å²) in [6.45, 7) is 2.78. The average Bonchev–Trinajstić information content (AvgIpc) is 3.04. The topological polar surface area (TPSA) is 51.5 Å². The molecule has 0 aliphatic heterocycles. The lowest BCUT2D eigenvalue weighted by atomic mass is 10.3. The Hall–Kier alpha value is -3.34. The smallest absolute Gasteiger partial charge is 0.145 e. The van der Waals surface area contributed by atoms with E-state index in [1.54, 1.807) is 12.4 Å². The van der Waals surface area contributed by atoms with E-state index in [1.807, 2.05) is 48.7 Å². The van der Waals surface area contributed by atoms with Crippen LogP contribution in [0.3, 0.4) is 0 Å². The minimum Gasteiger partial charge on any atom is -0.456 e. The van der Waals surface area contributed by atoms with Gasteiger partial charge in [-0.15, -0.1) is 0 Å². The molecule has 0 unspecified atom stereocenters. The Morgan fingerprint density at radius 1 is 1.00 bits per heavy atom. The zero-order valence-electron chi connectivity index (χ0n) is 13.9. The van der Waals surface area contributed by atoms with Crippen LogP contribution < -0.4 is 10.1 Å². The Bertz CT molecular complexity index is 978. The van der Waals surface area contributed by atoms with E-state index in [9.17, 15) is 0 Å². The van der Waals surface area contributed by atoms with Crippen molar-refractivity contribution < 1.29 is 4.74 Å². The molecular formula is C20H18N4O. The van der Waals surface area contributed by atoms with E-state index in [2.05, 4.69) is 38.9 Å². The van der Waals surface area contributed by atoms with Gasteiger partial charge in [0.2, 0.25) is 0 Å². The van der Waals surface area contributed by atoms with Gasteiger partial charge in [0.25, 0.3) is 0 Å². The number of hydrogen-bond acceptors (Lipinski definition) is 4. The van der Waals surface area contributed by atoms with Gasteiger partial charge in [-0.2, -0.15) is 0 Å². The zero-order chi connectivity index (χ0) is 17.1.